The van der Waals surface area contributed by atoms with Crippen LogP contribution >= 0.6 is 34.3 Å². The Morgan fingerprint density at radius 1 is 1.53 bits per heavy atom. The quantitative estimate of drug-likeness (QED) is 0.921. The number of hydrogen-bond acceptors (Lipinski definition) is 4. The maximum atomic E-state index is 6.10. The zero-order chi connectivity index (χ0) is 11.7. The number of rotatable bonds is 3. The van der Waals surface area contributed by atoms with Crippen LogP contribution in [0, 0.1) is 0 Å². The first-order valence-corrected chi connectivity index (χ1v) is 7.79. The van der Waals surface area contributed by atoms with E-state index in [-0.39, 0.29) is 0 Å². The van der Waals surface area contributed by atoms with Crippen LogP contribution in [0.3, 0.4) is 0 Å². The van der Waals surface area contributed by atoms with E-state index in [0.717, 1.165) is 10.9 Å². The summed E-state index contributed by atoms with van der Waals surface area (Å²) in [7, 11) is 0. The molecule has 1 atom stereocenters. The second-order valence-corrected chi connectivity index (χ2v) is 6.96. The number of halogens is 1. The Labute approximate surface area is 114 Å². The minimum absolute atomic E-state index is 0.463. The average molecular weight is 285 g/mol. The lowest BCUT2D eigenvalue weighted by molar-refractivity contribution is 0.465. The monoisotopic (exact) mass is 284 g/mol. The molecule has 17 heavy (non-hydrogen) atoms. The third kappa shape index (κ3) is 2.55. The highest BCUT2D eigenvalue weighted by atomic mass is 35.5. The smallest absolute Gasteiger partial charge is 0.0934 e. The molecule has 5 heteroatoms. The number of thiophene rings is 1. The summed E-state index contributed by atoms with van der Waals surface area (Å²) >= 11 is 9.53. The first kappa shape index (κ1) is 11.7. The molecular formula is C12H13ClN2S2. The van der Waals surface area contributed by atoms with E-state index in [4.69, 9.17) is 11.6 Å². The minimum atomic E-state index is 0.463. The summed E-state index contributed by atoms with van der Waals surface area (Å²) in [6.07, 6.45) is 5.58. The van der Waals surface area contributed by atoms with Crippen molar-refractivity contribution in [3.63, 3.8) is 0 Å². The predicted octanol–water partition coefficient (Wildman–Crippen LogP) is 4.03. The van der Waals surface area contributed by atoms with E-state index in [1.807, 2.05) is 11.7 Å². The Hall–Kier alpha value is -0.420. The van der Waals surface area contributed by atoms with Crippen molar-refractivity contribution in [2.45, 2.75) is 31.8 Å². The summed E-state index contributed by atoms with van der Waals surface area (Å²) in [5.41, 5.74) is 3.29. The maximum absolute atomic E-state index is 6.10. The molecule has 2 aromatic heterocycles. The van der Waals surface area contributed by atoms with Crippen LogP contribution in [-0.2, 0) is 13.0 Å². The Bertz CT molecular complexity index is 493. The fourth-order valence-corrected chi connectivity index (χ4v) is 4.22. The van der Waals surface area contributed by atoms with Crippen LogP contribution in [-0.4, -0.2) is 4.98 Å². The molecule has 0 radical (unpaired) electrons. The van der Waals surface area contributed by atoms with Crippen LogP contribution in [0.15, 0.2) is 17.8 Å². The van der Waals surface area contributed by atoms with E-state index in [1.54, 1.807) is 22.7 Å². The summed E-state index contributed by atoms with van der Waals surface area (Å²) in [5.74, 6) is 0. The van der Waals surface area contributed by atoms with Crippen LogP contribution in [0.1, 0.15) is 34.2 Å². The summed E-state index contributed by atoms with van der Waals surface area (Å²) in [5, 5.41) is 3.61. The van der Waals surface area contributed by atoms with Crippen molar-refractivity contribution in [1.29, 1.82) is 0 Å². The molecule has 3 rings (SSSR count). The number of nitrogens with zero attached hydrogens (tertiary/aromatic N) is 1. The lowest BCUT2D eigenvalue weighted by Gasteiger charge is -2.23. The van der Waals surface area contributed by atoms with Gasteiger partial charge in [0.1, 0.15) is 0 Å². The van der Waals surface area contributed by atoms with Crippen molar-refractivity contribution in [2.75, 3.05) is 0 Å². The van der Waals surface area contributed by atoms with Gasteiger partial charge in [-0.25, -0.2) is 0 Å². The fourth-order valence-electron chi connectivity index (χ4n) is 2.29. The lowest BCUT2D eigenvalue weighted by atomic mass is 9.94. The molecule has 0 spiro atoms. The summed E-state index contributed by atoms with van der Waals surface area (Å²) < 4.78 is 0.918. The van der Waals surface area contributed by atoms with Gasteiger partial charge in [0.15, 0.2) is 0 Å². The van der Waals surface area contributed by atoms with Gasteiger partial charge >= 0.3 is 0 Å². The van der Waals surface area contributed by atoms with Crippen LogP contribution < -0.4 is 5.32 Å². The van der Waals surface area contributed by atoms with E-state index >= 15 is 0 Å². The van der Waals surface area contributed by atoms with Crippen molar-refractivity contribution >= 4 is 34.3 Å². The van der Waals surface area contributed by atoms with E-state index in [0.29, 0.717) is 6.04 Å². The topological polar surface area (TPSA) is 24.9 Å². The molecule has 0 amide bonds. The lowest BCUT2D eigenvalue weighted by Crippen LogP contribution is -2.23. The van der Waals surface area contributed by atoms with E-state index < -0.39 is 0 Å². The molecular weight excluding hydrogens is 272 g/mol. The van der Waals surface area contributed by atoms with Gasteiger partial charge in [-0.3, -0.25) is 4.98 Å². The molecule has 0 aliphatic heterocycles. The van der Waals surface area contributed by atoms with Crippen LogP contribution in [0.4, 0.5) is 0 Å². The molecule has 2 aromatic rings. The Morgan fingerprint density at radius 3 is 3.29 bits per heavy atom. The molecule has 2 heterocycles. The second-order valence-electron chi connectivity index (χ2n) is 4.22. The van der Waals surface area contributed by atoms with E-state index in [2.05, 4.69) is 16.4 Å². The van der Waals surface area contributed by atoms with Crippen molar-refractivity contribution in [3.05, 3.63) is 37.4 Å². The number of aromatic nitrogens is 1. The molecule has 1 N–H and O–H groups in total. The van der Waals surface area contributed by atoms with Crippen molar-refractivity contribution in [3.8, 4) is 0 Å². The van der Waals surface area contributed by atoms with E-state index in [9.17, 15) is 0 Å². The molecule has 0 bridgehead atoms. The average Bonchev–Trinajstić information content (AvgIpc) is 2.93. The second kappa shape index (κ2) is 5.06. The van der Waals surface area contributed by atoms with Crippen molar-refractivity contribution < 1.29 is 0 Å². The summed E-state index contributed by atoms with van der Waals surface area (Å²) in [6.45, 7) is 0.905. The predicted molar refractivity (Wildman–Crippen MR) is 74.0 cm³/mol. The molecule has 2 nitrogen and oxygen atoms in total. The van der Waals surface area contributed by atoms with Gasteiger partial charge in [-0.1, -0.05) is 11.6 Å². The zero-order valence-corrected chi connectivity index (χ0v) is 11.7. The summed E-state index contributed by atoms with van der Waals surface area (Å²) in [4.78, 5) is 6.85. The first-order chi connectivity index (χ1) is 8.33. The van der Waals surface area contributed by atoms with Gasteiger partial charge in [-0.15, -0.1) is 22.7 Å². The van der Waals surface area contributed by atoms with Crippen LogP contribution in [0.25, 0.3) is 0 Å². The van der Waals surface area contributed by atoms with Gasteiger partial charge in [-0.2, -0.15) is 0 Å². The Kier molecular flexibility index (Phi) is 3.47. The normalized spacial score (nSPS) is 19.2. The molecule has 1 unspecified atom stereocenters. The minimum Gasteiger partial charge on any atom is -0.305 e. The van der Waals surface area contributed by atoms with Crippen molar-refractivity contribution in [2.24, 2.45) is 0 Å². The fraction of sp³-hybridized carbons (Fsp3) is 0.417. The van der Waals surface area contributed by atoms with Gasteiger partial charge in [0.05, 0.1) is 9.85 Å². The van der Waals surface area contributed by atoms with Crippen molar-refractivity contribution in [1.82, 2.24) is 10.3 Å². The molecule has 0 fully saturated rings. The number of fused-ring (bicyclic) bond motifs is 1. The highest BCUT2D eigenvalue weighted by molar-refractivity contribution is 7.16. The highest BCUT2D eigenvalue weighted by Gasteiger charge is 2.22. The zero-order valence-electron chi connectivity index (χ0n) is 9.28. The number of thiazole rings is 1. The highest BCUT2D eigenvalue weighted by Crippen LogP contribution is 2.37. The van der Waals surface area contributed by atoms with Crippen LogP contribution in [0.2, 0.25) is 4.34 Å². The van der Waals surface area contributed by atoms with Gasteiger partial charge in [0, 0.05) is 28.5 Å². The number of aryl methyl sites for hydroxylation is 1. The van der Waals surface area contributed by atoms with Gasteiger partial charge in [0.25, 0.3) is 0 Å². The van der Waals surface area contributed by atoms with Gasteiger partial charge in [-0.05, 0) is 30.9 Å². The maximum Gasteiger partial charge on any atom is 0.0934 e. The standard InChI is InChI=1S/C12H13ClN2S2/c13-12-4-9-10(2-1-3-11(9)17-12)15-6-8-5-14-7-16-8/h4-5,7,10,15H,1-3,6H2. The van der Waals surface area contributed by atoms with Crippen LogP contribution in [0.5, 0.6) is 0 Å². The third-order valence-electron chi connectivity index (χ3n) is 3.09. The molecule has 0 saturated heterocycles. The molecule has 0 saturated carbocycles. The van der Waals surface area contributed by atoms with E-state index in [1.165, 1.54) is 34.6 Å². The largest absolute Gasteiger partial charge is 0.305 e. The number of hydrogen-bond donors (Lipinski definition) is 1. The van der Waals surface area contributed by atoms with Gasteiger partial charge < -0.3 is 5.32 Å². The Morgan fingerprint density at radius 2 is 2.47 bits per heavy atom. The summed E-state index contributed by atoms with van der Waals surface area (Å²) in [6, 6.07) is 2.59. The van der Waals surface area contributed by atoms with Gasteiger partial charge in [0.2, 0.25) is 0 Å². The Balaban J connectivity index is 1.72. The molecule has 0 aromatic carbocycles. The molecule has 1 aliphatic carbocycles. The number of nitrogens with one attached hydrogen (secondary N) is 1. The first-order valence-electron chi connectivity index (χ1n) is 5.72. The molecule has 1 aliphatic rings. The molecule has 90 valence electrons. The SMILES string of the molecule is Clc1cc2c(s1)CCCC2NCc1cncs1. The third-order valence-corrected chi connectivity index (χ3v) is 5.21.